The normalized spacial score (nSPS) is 10.7. The van der Waals surface area contributed by atoms with Gasteiger partial charge < -0.3 is 9.47 Å². The maximum Gasteiger partial charge on any atom is 0.543 e. The molecule has 0 heterocycles. The third-order valence-corrected chi connectivity index (χ3v) is 5.78. The molecule has 0 aliphatic rings. The van der Waals surface area contributed by atoms with E-state index >= 15 is 0 Å². The molecule has 0 unspecified atom stereocenters. The van der Waals surface area contributed by atoms with Crippen LogP contribution in [0.25, 0.3) is 0 Å². The second-order valence-electron chi connectivity index (χ2n) is 9.56. The molecule has 0 spiro atoms. The fourth-order valence-corrected chi connectivity index (χ4v) is 3.35. The van der Waals surface area contributed by atoms with Crippen molar-refractivity contribution in [3.05, 3.63) is 70.8 Å². The Balaban J connectivity index is 1.41. The van der Waals surface area contributed by atoms with Crippen LogP contribution in [0.2, 0.25) is 0 Å². The highest BCUT2D eigenvalue weighted by Crippen LogP contribution is 2.16. The maximum atomic E-state index is 11.9. The van der Waals surface area contributed by atoms with Crippen molar-refractivity contribution in [2.24, 2.45) is 0 Å². The number of ether oxygens (including phenoxy) is 2. The minimum absolute atomic E-state index is 0.0769. The molecule has 12 heteroatoms. The van der Waals surface area contributed by atoms with Gasteiger partial charge in [0, 0.05) is 0 Å². The number of hydrogen-bond acceptors (Lipinski definition) is 12. The topological polar surface area (TPSA) is 142 Å². The number of carbonyl (C=O) groups is 4. The lowest BCUT2D eigenvalue weighted by molar-refractivity contribution is -0.452. The second-order valence-corrected chi connectivity index (χ2v) is 9.56. The van der Waals surface area contributed by atoms with E-state index in [1.165, 1.54) is 0 Å². The van der Waals surface area contributed by atoms with Crippen molar-refractivity contribution in [3.63, 3.8) is 0 Å². The van der Waals surface area contributed by atoms with Crippen LogP contribution in [0.5, 0.6) is 0 Å². The highest BCUT2D eigenvalue weighted by molar-refractivity contribution is 5.89. The van der Waals surface area contributed by atoms with Crippen molar-refractivity contribution in [2.75, 3.05) is 13.2 Å². The van der Waals surface area contributed by atoms with Crippen LogP contribution in [0.1, 0.15) is 103 Å². The average molecular weight is 577 g/mol. The van der Waals surface area contributed by atoms with Crippen LogP contribution in [0.3, 0.4) is 0 Å². The molecule has 0 amide bonds. The van der Waals surface area contributed by atoms with Gasteiger partial charge in [-0.05, 0) is 60.1 Å². The summed E-state index contributed by atoms with van der Waals surface area (Å²) in [5.41, 5.74) is 2.61. The molecule has 0 bridgehead atoms. The summed E-state index contributed by atoms with van der Waals surface area (Å²) in [4.78, 5) is 64.0. The first-order chi connectivity index (χ1) is 19.7. The maximum absolute atomic E-state index is 11.9. The largest absolute Gasteiger partial charge is 0.543 e. The molecule has 0 aliphatic carbocycles. The van der Waals surface area contributed by atoms with Crippen molar-refractivity contribution in [1.82, 2.24) is 0 Å². The number of carbonyl (C=O) groups excluding carboxylic acids is 4. The predicted molar refractivity (Wildman–Crippen MR) is 142 cm³/mol. The average Bonchev–Trinajstić information content (AvgIpc) is 2.96. The monoisotopic (exact) mass is 576 g/mol. The van der Waals surface area contributed by atoms with E-state index in [2.05, 4.69) is 29.6 Å². The summed E-state index contributed by atoms with van der Waals surface area (Å²) in [5, 5.41) is 8.38. The molecule has 0 N–H and O–H groups in total. The highest BCUT2D eigenvalue weighted by Gasteiger charge is 2.14. The Morgan fingerprint density at radius 3 is 1.20 bits per heavy atom. The summed E-state index contributed by atoms with van der Waals surface area (Å²) in [6, 6.07) is 13.5. The smallest absolute Gasteiger partial charge is 0.432 e. The molecular weight excluding hydrogens is 540 g/mol. The molecule has 0 aromatic heterocycles. The summed E-state index contributed by atoms with van der Waals surface area (Å²) in [5.74, 6) is -0.991. The second kappa shape index (κ2) is 18.2. The minimum atomic E-state index is -1.14. The fraction of sp³-hybridized carbons (Fsp3) is 0.448. The number of rotatable bonds is 16. The molecule has 0 aliphatic heterocycles. The SMILES string of the molecule is CC(C)c1ccc(C(=O)OOOC(=O)OCCCCCCCOC(=O)OOOC(=O)c2ccc(C(C)C)cc2)cc1. The van der Waals surface area contributed by atoms with Crippen LogP contribution in [0.15, 0.2) is 48.5 Å². The summed E-state index contributed by atoms with van der Waals surface area (Å²) in [7, 11) is 0. The van der Waals surface area contributed by atoms with Crippen LogP contribution in [0.4, 0.5) is 9.59 Å². The van der Waals surface area contributed by atoms with Gasteiger partial charge in [0.1, 0.15) is 0 Å². The van der Waals surface area contributed by atoms with E-state index in [4.69, 9.17) is 9.47 Å². The zero-order chi connectivity index (χ0) is 30.0. The van der Waals surface area contributed by atoms with Gasteiger partial charge in [0.25, 0.3) is 0 Å². The lowest BCUT2D eigenvalue weighted by atomic mass is 10.0. The Labute approximate surface area is 238 Å². The van der Waals surface area contributed by atoms with Crippen LogP contribution in [-0.2, 0) is 39.1 Å². The van der Waals surface area contributed by atoms with Gasteiger partial charge in [-0.3, -0.25) is 9.78 Å². The van der Waals surface area contributed by atoms with Crippen LogP contribution in [0, 0.1) is 0 Å². The Morgan fingerprint density at radius 2 is 0.854 bits per heavy atom. The Kier molecular flexibility index (Phi) is 14.7. The molecule has 0 fully saturated rings. The van der Waals surface area contributed by atoms with Crippen molar-refractivity contribution < 1.29 is 58.3 Å². The molecule has 224 valence electrons. The Hall–Kier alpha value is -4.16. The van der Waals surface area contributed by atoms with E-state index in [1.54, 1.807) is 48.5 Å². The van der Waals surface area contributed by atoms with Gasteiger partial charge >= 0.3 is 24.2 Å². The van der Waals surface area contributed by atoms with Crippen LogP contribution >= 0.6 is 0 Å². The zero-order valence-electron chi connectivity index (χ0n) is 23.6. The van der Waals surface area contributed by atoms with Gasteiger partial charge in [-0.15, -0.1) is 0 Å². The molecule has 0 radical (unpaired) electrons. The number of benzene rings is 2. The third-order valence-electron chi connectivity index (χ3n) is 5.78. The molecule has 2 aromatic carbocycles. The van der Waals surface area contributed by atoms with E-state index in [0.29, 0.717) is 24.7 Å². The molecule has 0 saturated carbocycles. The number of unbranched alkanes of at least 4 members (excludes halogenated alkanes) is 4. The van der Waals surface area contributed by atoms with Gasteiger partial charge in [-0.25, -0.2) is 29.0 Å². The van der Waals surface area contributed by atoms with Gasteiger partial charge in [0.05, 0.1) is 34.4 Å². The van der Waals surface area contributed by atoms with E-state index in [-0.39, 0.29) is 24.3 Å². The first-order valence-corrected chi connectivity index (χ1v) is 13.3. The fourth-order valence-electron chi connectivity index (χ4n) is 3.35. The van der Waals surface area contributed by atoms with E-state index in [0.717, 1.165) is 30.4 Å². The van der Waals surface area contributed by atoms with Crippen LogP contribution < -0.4 is 0 Å². The Morgan fingerprint density at radius 1 is 0.512 bits per heavy atom. The molecular formula is C29H36O12. The van der Waals surface area contributed by atoms with Gasteiger partial charge in [-0.2, -0.15) is 0 Å². The number of hydrogen-bond donors (Lipinski definition) is 0. The summed E-state index contributed by atoms with van der Waals surface area (Å²) in [6.45, 7) is 8.27. The lowest BCUT2D eigenvalue weighted by Gasteiger charge is -2.07. The minimum Gasteiger partial charge on any atom is -0.432 e. The summed E-state index contributed by atoms with van der Waals surface area (Å²) < 4.78 is 9.63. The zero-order valence-corrected chi connectivity index (χ0v) is 23.6. The van der Waals surface area contributed by atoms with Crippen molar-refractivity contribution in [2.45, 2.75) is 71.6 Å². The third kappa shape index (κ3) is 13.2. The van der Waals surface area contributed by atoms with Gasteiger partial charge in [-0.1, -0.05) is 71.2 Å². The van der Waals surface area contributed by atoms with E-state index < -0.39 is 24.2 Å². The molecule has 12 nitrogen and oxygen atoms in total. The molecule has 2 aromatic rings. The quantitative estimate of drug-likeness (QED) is 0.0887. The van der Waals surface area contributed by atoms with Gasteiger partial charge in [0.2, 0.25) is 0 Å². The molecule has 0 atom stereocenters. The lowest BCUT2D eigenvalue weighted by Crippen LogP contribution is -2.13. The molecule has 0 saturated heterocycles. The standard InChI is InChI=1S/C29H36O12/c1-20(2)22-10-14-24(15-11-22)26(30)36-40-38-28(32)34-18-8-6-5-7-9-19-35-29(33)39-41-37-27(31)25-16-12-23(13-17-25)21(3)4/h10-17,20-21H,5-9,18-19H2,1-4H3. The van der Waals surface area contributed by atoms with E-state index in [1.807, 2.05) is 27.7 Å². The predicted octanol–water partition coefficient (Wildman–Crippen LogP) is 6.90. The Bertz CT molecular complexity index is 1010. The van der Waals surface area contributed by atoms with Crippen molar-refractivity contribution >= 4 is 24.2 Å². The first-order valence-electron chi connectivity index (χ1n) is 13.3. The summed E-state index contributed by atoms with van der Waals surface area (Å²) in [6.07, 6.45) is 1.07. The molecule has 2 rings (SSSR count). The highest BCUT2D eigenvalue weighted by atomic mass is 17.5. The van der Waals surface area contributed by atoms with Crippen molar-refractivity contribution in [1.29, 1.82) is 0 Å². The van der Waals surface area contributed by atoms with Crippen molar-refractivity contribution in [3.8, 4) is 0 Å². The van der Waals surface area contributed by atoms with E-state index in [9.17, 15) is 19.2 Å². The summed E-state index contributed by atoms with van der Waals surface area (Å²) >= 11 is 0. The molecule has 41 heavy (non-hydrogen) atoms. The van der Waals surface area contributed by atoms with Crippen LogP contribution in [-0.4, -0.2) is 37.5 Å². The van der Waals surface area contributed by atoms with Gasteiger partial charge in [0.15, 0.2) is 0 Å². The first kappa shape index (κ1) is 33.0.